The molecule has 0 bridgehead atoms. The number of benzene rings is 2. The highest BCUT2D eigenvalue weighted by atomic mass is 127. The number of hydrogen-bond donors (Lipinski definition) is 0. The van der Waals surface area contributed by atoms with E-state index in [1.54, 1.807) is 18.3 Å². The van der Waals surface area contributed by atoms with Gasteiger partial charge in [-0.25, -0.2) is 0 Å². The van der Waals surface area contributed by atoms with Crippen molar-refractivity contribution in [3.05, 3.63) is 66.9 Å². The third-order valence-corrected chi connectivity index (χ3v) is 4.91. The Morgan fingerprint density at radius 2 is 1.86 bits per heavy atom. The number of nitrogens with zero attached hydrogens (tertiary/aromatic N) is 2. The molecule has 3 rings (SSSR count). The number of halogens is 2. The van der Waals surface area contributed by atoms with E-state index < -0.39 is 0 Å². The standard InChI is InChI=1S/C17H10I2N2O/c18-14-8-15(19)17(16-13(14)2-1-7-21-16)22-10-12-5-3-11(9-20)4-6-12/h1-8H,10H2. The molecule has 1 aromatic heterocycles. The Hall–Kier alpha value is -1.40. The second-order valence-electron chi connectivity index (χ2n) is 4.67. The predicted octanol–water partition coefficient (Wildman–Crippen LogP) is 4.89. The summed E-state index contributed by atoms with van der Waals surface area (Å²) in [5.41, 5.74) is 2.56. The Morgan fingerprint density at radius 1 is 1.09 bits per heavy atom. The zero-order valence-electron chi connectivity index (χ0n) is 11.4. The topological polar surface area (TPSA) is 45.9 Å². The van der Waals surface area contributed by atoms with Crippen LogP contribution in [0.25, 0.3) is 10.9 Å². The number of pyridine rings is 1. The van der Waals surface area contributed by atoms with Gasteiger partial charge in [-0.15, -0.1) is 0 Å². The fourth-order valence-electron chi connectivity index (χ4n) is 2.11. The highest BCUT2D eigenvalue weighted by Gasteiger charge is 2.11. The Morgan fingerprint density at radius 3 is 2.59 bits per heavy atom. The first-order valence-electron chi connectivity index (χ1n) is 6.53. The van der Waals surface area contributed by atoms with Gasteiger partial charge in [0, 0.05) is 15.2 Å². The van der Waals surface area contributed by atoms with Crippen molar-refractivity contribution >= 4 is 56.1 Å². The van der Waals surface area contributed by atoms with Gasteiger partial charge < -0.3 is 4.74 Å². The average Bonchev–Trinajstić information content (AvgIpc) is 2.55. The van der Waals surface area contributed by atoms with Crippen molar-refractivity contribution in [1.82, 2.24) is 4.98 Å². The van der Waals surface area contributed by atoms with E-state index in [2.05, 4.69) is 68.4 Å². The molecule has 0 spiro atoms. The van der Waals surface area contributed by atoms with Gasteiger partial charge in [0.15, 0.2) is 5.75 Å². The van der Waals surface area contributed by atoms with Crippen LogP contribution in [0.1, 0.15) is 11.1 Å². The molecule has 108 valence electrons. The van der Waals surface area contributed by atoms with Gasteiger partial charge in [0.05, 0.1) is 15.2 Å². The van der Waals surface area contributed by atoms with Crippen molar-refractivity contribution in [2.45, 2.75) is 6.61 Å². The van der Waals surface area contributed by atoms with Gasteiger partial charge in [0.2, 0.25) is 0 Å². The summed E-state index contributed by atoms with van der Waals surface area (Å²) >= 11 is 4.59. The Bertz CT molecular complexity index is 870. The molecule has 0 radical (unpaired) electrons. The molecule has 3 aromatic rings. The fourth-order valence-corrected chi connectivity index (χ4v) is 4.18. The molecule has 0 aliphatic carbocycles. The van der Waals surface area contributed by atoms with Gasteiger partial charge in [0.25, 0.3) is 0 Å². The van der Waals surface area contributed by atoms with E-state index in [0.717, 1.165) is 29.4 Å². The minimum Gasteiger partial charge on any atom is -0.485 e. The number of aromatic nitrogens is 1. The van der Waals surface area contributed by atoms with E-state index in [9.17, 15) is 0 Å². The van der Waals surface area contributed by atoms with E-state index >= 15 is 0 Å². The lowest BCUT2D eigenvalue weighted by Gasteiger charge is -2.12. The lowest BCUT2D eigenvalue weighted by molar-refractivity contribution is 0.307. The fraction of sp³-hybridized carbons (Fsp3) is 0.0588. The van der Waals surface area contributed by atoms with Gasteiger partial charge in [-0.3, -0.25) is 4.98 Å². The van der Waals surface area contributed by atoms with E-state index in [1.807, 2.05) is 18.2 Å². The SMILES string of the molecule is N#Cc1ccc(COc2c(I)cc(I)c3cccnc23)cc1. The Kier molecular flexibility index (Phi) is 4.78. The zero-order valence-corrected chi connectivity index (χ0v) is 15.7. The Labute approximate surface area is 155 Å². The maximum atomic E-state index is 8.83. The molecule has 5 heteroatoms. The van der Waals surface area contributed by atoms with Crippen LogP contribution in [0.4, 0.5) is 0 Å². The maximum absolute atomic E-state index is 8.83. The van der Waals surface area contributed by atoms with Gasteiger partial charge >= 0.3 is 0 Å². The quantitative estimate of drug-likeness (QED) is 0.470. The minimum atomic E-state index is 0.452. The molecule has 0 aliphatic heterocycles. The molecule has 0 atom stereocenters. The van der Waals surface area contributed by atoms with Crippen molar-refractivity contribution < 1.29 is 4.74 Å². The molecule has 3 nitrogen and oxygen atoms in total. The lowest BCUT2D eigenvalue weighted by Crippen LogP contribution is -1.99. The molecule has 2 aromatic carbocycles. The van der Waals surface area contributed by atoms with Gasteiger partial charge in [0.1, 0.15) is 12.1 Å². The number of fused-ring (bicyclic) bond motifs is 1. The number of hydrogen-bond acceptors (Lipinski definition) is 3. The number of nitriles is 1. The van der Waals surface area contributed by atoms with Gasteiger partial charge in [-0.2, -0.15) is 5.26 Å². The predicted molar refractivity (Wildman–Crippen MR) is 103 cm³/mol. The molecule has 22 heavy (non-hydrogen) atoms. The molecular weight excluding hydrogens is 502 g/mol. The van der Waals surface area contributed by atoms with Crippen LogP contribution in [-0.4, -0.2) is 4.98 Å². The first-order valence-corrected chi connectivity index (χ1v) is 8.69. The molecule has 0 N–H and O–H groups in total. The third-order valence-electron chi connectivity index (χ3n) is 3.22. The molecule has 0 saturated heterocycles. The molecule has 1 heterocycles. The summed E-state index contributed by atoms with van der Waals surface area (Å²) in [6, 6.07) is 15.6. The van der Waals surface area contributed by atoms with E-state index in [-0.39, 0.29) is 0 Å². The molecular formula is C17H10I2N2O. The summed E-state index contributed by atoms with van der Waals surface area (Å²) in [6.45, 7) is 0.452. The van der Waals surface area contributed by atoms with Crippen LogP contribution in [0.3, 0.4) is 0 Å². The normalized spacial score (nSPS) is 10.4. The summed E-state index contributed by atoms with van der Waals surface area (Å²) in [7, 11) is 0. The molecule has 0 fully saturated rings. The van der Waals surface area contributed by atoms with E-state index in [1.165, 1.54) is 0 Å². The van der Waals surface area contributed by atoms with Crippen LogP contribution in [0.15, 0.2) is 48.7 Å². The van der Waals surface area contributed by atoms with Crippen molar-refractivity contribution in [2.75, 3.05) is 0 Å². The zero-order chi connectivity index (χ0) is 15.5. The van der Waals surface area contributed by atoms with Crippen LogP contribution in [0.2, 0.25) is 0 Å². The van der Waals surface area contributed by atoms with Crippen molar-refractivity contribution in [2.24, 2.45) is 0 Å². The highest BCUT2D eigenvalue weighted by molar-refractivity contribution is 14.1. The Balaban J connectivity index is 1.92. The molecule has 0 unspecified atom stereocenters. The van der Waals surface area contributed by atoms with E-state index in [4.69, 9.17) is 10.00 Å². The summed E-state index contributed by atoms with van der Waals surface area (Å²) in [5.74, 6) is 0.806. The van der Waals surface area contributed by atoms with Crippen LogP contribution >= 0.6 is 45.2 Å². The molecule has 0 amide bonds. The van der Waals surface area contributed by atoms with Crippen LogP contribution in [-0.2, 0) is 6.61 Å². The largest absolute Gasteiger partial charge is 0.485 e. The van der Waals surface area contributed by atoms with E-state index in [0.29, 0.717) is 12.2 Å². The van der Waals surface area contributed by atoms with Crippen LogP contribution in [0.5, 0.6) is 5.75 Å². The van der Waals surface area contributed by atoms with Gasteiger partial charge in [-0.05, 0) is 75.0 Å². The molecule has 0 aliphatic rings. The van der Waals surface area contributed by atoms with Crippen molar-refractivity contribution in [3.8, 4) is 11.8 Å². The van der Waals surface area contributed by atoms with Crippen LogP contribution < -0.4 is 4.74 Å². The summed E-state index contributed by atoms with van der Waals surface area (Å²) in [5, 5.41) is 9.92. The minimum absolute atomic E-state index is 0.452. The summed E-state index contributed by atoms with van der Waals surface area (Å²) in [4.78, 5) is 4.46. The number of ether oxygens (including phenoxy) is 1. The maximum Gasteiger partial charge on any atom is 0.159 e. The second-order valence-corrected chi connectivity index (χ2v) is 6.99. The first kappa shape index (κ1) is 15.5. The van der Waals surface area contributed by atoms with Crippen LogP contribution in [0, 0.1) is 18.5 Å². The second kappa shape index (κ2) is 6.79. The number of rotatable bonds is 3. The van der Waals surface area contributed by atoms with Gasteiger partial charge in [-0.1, -0.05) is 18.2 Å². The summed E-state index contributed by atoms with van der Waals surface area (Å²) in [6.07, 6.45) is 1.78. The van der Waals surface area contributed by atoms with Crippen molar-refractivity contribution in [1.29, 1.82) is 5.26 Å². The smallest absolute Gasteiger partial charge is 0.159 e. The lowest BCUT2D eigenvalue weighted by atomic mass is 10.1. The highest BCUT2D eigenvalue weighted by Crippen LogP contribution is 2.33. The summed E-state index contributed by atoms with van der Waals surface area (Å²) < 4.78 is 8.21. The third kappa shape index (κ3) is 3.17. The monoisotopic (exact) mass is 512 g/mol. The van der Waals surface area contributed by atoms with Crippen molar-refractivity contribution in [3.63, 3.8) is 0 Å². The average molecular weight is 512 g/mol. The first-order chi connectivity index (χ1) is 10.7. The molecule has 0 saturated carbocycles.